The minimum Gasteiger partial charge on any atom is -0.440 e. The van der Waals surface area contributed by atoms with Crippen LogP contribution in [-0.2, 0) is 0 Å². The largest absolute Gasteiger partial charge is 0.440 e. The van der Waals surface area contributed by atoms with Gasteiger partial charge in [-0.3, -0.25) is 4.98 Å². The summed E-state index contributed by atoms with van der Waals surface area (Å²) in [6, 6.07) is 8.65. The third-order valence-corrected chi connectivity index (χ3v) is 2.27. The van der Waals surface area contributed by atoms with Gasteiger partial charge in [0.25, 0.3) is 5.89 Å². The van der Waals surface area contributed by atoms with E-state index < -0.39 is 0 Å². The van der Waals surface area contributed by atoms with Crippen molar-refractivity contribution in [2.45, 2.75) is 0 Å². The maximum absolute atomic E-state index is 8.66. The van der Waals surface area contributed by atoms with E-state index in [4.69, 9.17) is 14.2 Å². The third kappa shape index (κ3) is 1.74. The van der Waals surface area contributed by atoms with Gasteiger partial charge >= 0.3 is 0 Å². The summed E-state index contributed by atoms with van der Waals surface area (Å²) in [7, 11) is 0. The first-order valence-electron chi connectivity index (χ1n) is 5.11. The van der Waals surface area contributed by atoms with E-state index in [0.29, 0.717) is 11.6 Å². The molecule has 0 atom stereocenters. The molecule has 0 aromatic carbocycles. The van der Waals surface area contributed by atoms with Crippen molar-refractivity contribution in [3.05, 3.63) is 42.4 Å². The van der Waals surface area contributed by atoms with Gasteiger partial charge in [-0.05, 0) is 24.3 Å². The Morgan fingerprint density at radius 2 is 2.17 bits per heavy atom. The highest BCUT2D eigenvalue weighted by atomic mass is 16.5. The zero-order valence-electron chi connectivity index (χ0n) is 9.07. The van der Waals surface area contributed by atoms with E-state index in [2.05, 4.69) is 15.1 Å². The van der Waals surface area contributed by atoms with E-state index >= 15 is 0 Å². The highest BCUT2D eigenvalue weighted by Gasteiger charge is 2.13. The molecule has 3 aromatic heterocycles. The summed E-state index contributed by atoms with van der Waals surface area (Å²) in [5, 5.41) is 12.5. The molecular formula is C12H6N4O2. The van der Waals surface area contributed by atoms with E-state index in [1.807, 2.05) is 12.1 Å². The Morgan fingerprint density at radius 1 is 1.22 bits per heavy atom. The molecule has 3 heterocycles. The number of hydrogen-bond acceptors (Lipinski definition) is 6. The molecule has 18 heavy (non-hydrogen) atoms. The molecule has 0 N–H and O–H groups in total. The number of nitrogens with zero attached hydrogens (tertiary/aromatic N) is 4. The van der Waals surface area contributed by atoms with Gasteiger partial charge in [-0.1, -0.05) is 5.16 Å². The van der Waals surface area contributed by atoms with E-state index in [1.54, 1.807) is 30.6 Å². The average Bonchev–Trinajstić information content (AvgIpc) is 3.08. The molecule has 3 aromatic rings. The van der Waals surface area contributed by atoms with Crippen LogP contribution >= 0.6 is 0 Å². The highest BCUT2D eigenvalue weighted by molar-refractivity contribution is 5.56. The van der Waals surface area contributed by atoms with Gasteiger partial charge in [0, 0.05) is 18.0 Å². The number of nitriles is 1. The number of pyridine rings is 1. The predicted octanol–water partition coefficient (Wildman–Crippen LogP) is 2.26. The van der Waals surface area contributed by atoms with Crippen molar-refractivity contribution in [3.63, 3.8) is 0 Å². The van der Waals surface area contributed by atoms with Crippen LogP contribution in [-0.4, -0.2) is 15.1 Å². The Labute approximate surface area is 102 Å². The molecule has 0 aliphatic rings. The second kappa shape index (κ2) is 4.14. The Kier molecular flexibility index (Phi) is 2.35. The van der Waals surface area contributed by atoms with Gasteiger partial charge in [-0.25, -0.2) is 0 Å². The van der Waals surface area contributed by atoms with E-state index in [0.717, 1.165) is 5.56 Å². The van der Waals surface area contributed by atoms with Crippen LogP contribution in [0.2, 0.25) is 0 Å². The molecule has 0 amide bonds. The first-order chi connectivity index (χ1) is 8.86. The average molecular weight is 238 g/mol. The maximum atomic E-state index is 8.66. The molecule has 0 aliphatic carbocycles. The summed E-state index contributed by atoms with van der Waals surface area (Å²) >= 11 is 0. The lowest BCUT2D eigenvalue weighted by Crippen LogP contribution is -1.81. The smallest absolute Gasteiger partial charge is 0.294 e. The molecule has 6 heteroatoms. The molecule has 0 radical (unpaired) electrons. The molecule has 0 saturated heterocycles. The second-order valence-electron chi connectivity index (χ2n) is 3.44. The van der Waals surface area contributed by atoms with Gasteiger partial charge in [0.15, 0.2) is 5.76 Å². The molecule has 0 unspecified atom stereocenters. The first kappa shape index (κ1) is 10.2. The van der Waals surface area contributed by atoms with Crippen LogP contribution in [0.3, 0.4) is 0 Å². The Hall–Kier alpha value is -2.94. The lowest BCUT2D eigenvalue weighted by atomic mass is 10.3. The Balaban J connectivity index is 1.97. The van der Waals surface area contributed by atoms with Crippen molar-refractivity contribution in [2.75, 3.05) is 0 Å². The van der Waals surface area contributed by atoms with Gasteiger partial charge in [-0.2, -0.15) is 10.2 Å². The third-order valence-electron chi connectivity index (χ3n) is 2.27. The quantitative estimate of drug-likeness (QED) is 0.680. The predicted molar refractivity (Wildman–Crippen MR) is 59.9 cm³/mol. The minimum atomic E-state index is 0.200. The standard InChI is InChI=1S/C12H6N4O2/c13-6-9-3-4-10(17-9)12-15-11(16-18-12)8-2-1-5-14-7-8/h1-5,7H. The Bertz CT molecular complexity index is 709. The summed E-state index contributed by atoms with van der Waals surface area (Å²) in [6.07, 6.45) is 3.30. The molecule has 86 valence electrons. The molecule has 6 nitrogen and oxygen atoms in total. The second-order valence-corrected chi connectivity index (χ2v) is 3.44. The van der Waals surface area contributed by atoms with Crippen LogP contribution in [0.1, 0.15) is 5.76 Å². The molecule has 0 fully saturated rings. The lowest BCUT2D eigenvalue weighted by molar-refractivity contribution is 0.415. The van der Waals surface area contributed by atoms with Crippen LogP contribution in [0.15, 0.2) is 45.6 Å². The van der Waals surface area contributed by atoms with E-state index in [1.165, 1.54) is 0 Å². The van der Waals surface area contributed by atoms with Crippen LogP contribution in [0.4, 0.5) is 0 Å². The highest BCUT2D eigenvalue weighted by Crippen LogP contribution is 2.23. The summed E-state index contributed by atoms with van der Waals surface area (Å²) in [5.74, 6) is 1.23. The Morgan fingerprint density at radius 3 is 2.89 bits per heavy atom. The van der Waals surface area contributed by atoms with Crippen molar-refractivity contribution in [3.8, 4) is 29.1 Å². The fourth-order valence-electron chi connectivity index (χ4n) is 1.45. The zero-order valence-corrected chi connectivity index (χ0v) is 9.07. The fraction of sp³-hybridized carbons (Fsp3) is 0. The fourth-order valence-corrected chi connectivity index (χ4v) is 1.45. The normalized spacial score (nSPS) is 10.2. The van der Waals surface area contributed by atoms with Crippen molar-refractivity contribution in [1.29, 1.82) is 5.26 Å². The number of rotatable bonds is 2. The summed E-state index contributed by atoms with van der Waals surface area (Å²) in [5.41, 5.74) is 0.750. The summed E-state index contributed by atoms with van der Waals surface area (Å²) in [4.78, 5) is 8.15. The van der Waals surface area contributed by atoms with Crippen molar-refractivity contribution in [2.24, 2.45) is 0 Å². The first-order valence-corrected chi connectivity index (χ1v) is 5.11. The minimum absolute atomic E-state index is 0.200. The van der Waals surface area contributed by atoms with Crippen LogP contribution < -0.4 is 0 Å². The summed E-state index contributed by atoms with van der Waals surface area (Å²) < 4.78 is 10.3. The molecule has 0 bridgehead atoms. The molecule has 3 rings (SSSR count). The monoisotopic (exact) mass is 238 g/mol. The van der Waals surface area contributed by atoms with Gasteiger partial charge in [-0.15, -0.1) is 0 Å². The number of aromatic nitrogens is 3. The van der Waals surface area contributed by atoms with E-state index in [9.17, 15) is 0 Å². The van der Waals surface area contributed by atoms with E-state index in [-0.39, 0.29) is 11.7 Å². The van der Waals surface area contributed by atoms with Crippen LogP contribution in [0.25, 0.3) is 23.0 Å². The van der Waals surface area contributed by atoms with Gasteiger partial charge < -0.3 is 8.94 Å². The number of hydrogen-bond donors (Lipinski definition) is 0. The molecule has 0 aliphatic heterocycles. The molecule has 0 saturated carbocycles. The van der Waals surface area contributed by atoms with Crippen molar-refractivity contribution < 1.29 is 8.94 Å². The summed E-state index contributed by atoms with van der Waals surface area (Å²) in [6.45, 7) is 0. The molecular weight excluding hydrogens is 232 g/mol. The van der Waals surface area contributed by atoms with Gasteiger partial charge in [0.1, 0.15) is 6.07 Å². The molecule has 0 spiro atoms. The van der Waals surface area contributed by atoms with Gasteiger partial charge in [0.2, 0.25) is 11.6 Å². The topological polar surface area (TPSA) is 88.7 Å². The van der Waals surface area contributed by atoms with Crippen LogP contribution in [0.5, 0.6) is 0 Å². The SMILES string of the molecule is N#Cc1ccc(-c2nc(-c3cccnc3)no2)o1. The van der Waals surface area contributed by atoms with Crippen molar-refractivity contribution >= 4 is 0 Å². The number of furan rings is 1. The lowest BCUT2D eigenvalue weighted by Gasteiger charge is -1.89. The zero-order chi connectivity index (χ0) is 12.4. The van der Waals surface area contributed by atoms with Crippen LogP contribution in [0, 0.1) is 11.3 Å². The maximum Gasteiger partial charge on any atom is 0.294 e. The van der Waals surface area contributed by atoms with Gasteiger partial charge in [0.05, 0.1) is 0 Å². The van der Waals surface area contributed by atoms with Crippen molar-refractivity contribution in [1.82, 2.24) is 15.1 Å².